The van der Waals surface area contributed by atoms with Crippen LogP contribution in [0.2, 0.25) is 0 Å². The Morgan fingerprint density at radius 1 is 1.21 bits per heavy atom. The first-order valence-electron chi connectivity index (χ1n) is 5.17. The van der Waals surface area contributed by atoms with E-state index in [0.717, 1.165) is 13.0 Å². The number of carbonyl (C=O) groups is 1. The van der Waals surface area contributed by atoms with Gasteiger partial charge in [0.1, 0.15) is 5.78 Å². The number of allylic oxidation sites excluding steroid dienone is 1. The second-order valence-corrected chi connectivity index (χ2v) is 4.95. The van der Waals surface area contributed by atoms with E-state index in [-0.39, 0.29) is 5.41 Å². The molecule has 82 valence electrons. The van der Waals surface area contributed by atoms with E-state index < -0.39 is 0 Å². The van der Waals surface area contributed by atoms with E-state index in [4.69, 9.17) is 0 Å². The van der Waals surface area contributed by atoms with Crippen molar-refractivity contribution in [2.24, 2.45) is 5.41 Å². The number of likely N-dealkylation sites (N-methyl/N-ethyl adjacent to an activating group) is 1. The van der Waals surface area contributed by atoms with Crippen molar-refractivity contribution < 1.29 is 4.79 Å². The summed E-state index contributed by atoms with van der Waals surface area (Å²) in [5, 5.41) is 0. The van der Waals surface area contributed by atoms with Gasteiger partial charge in [-0.25, -0.2) is 0 Å². The van der Waals surface area contributed by atoms with Gasteiger partial charge in [-0.1, -0.05) is 32.9 Å². The second-order valence-electron chi connectivity index (χ2n) is 4.95. The molecule has 2 heteroatoms. The largest absolute Gasteiger partial charge is 0.306 e. The minimum Gasteiger partial charge on any atom is -0.306 e. The third kappa shape index (κ3) is 6.84. The Kier molecular flexibility index (Phi) is 5.70. The lowest BCUT2D eigenvalue weighted by molar-refractivity contribution is -0.126. The molecule has 2 nitrogen and oxygen atoms in total. The maximum atomic E-state index is 11.5. The molecule has 0 aromatic heterocycles. The number of ketones is 1. The highest BCUT2D eigenvalue weighted by Crippen LogP contribution is 2.17. The van der Waals surface area contributed by atoms with Crippen LogP contribution in [0.15, 0.2) is 12.2 Å². The number of Topliss-reactive ketones (excluding diaryl/α,β-unsaturated/α-hetero) is 1. The van der Waals surface area contributed by atoms with Crippen LogP contribution in [0.25, 0.3) is 0 Å². The summed E-state index contributed by atoms with van der Waals surface area (Å²) in [5.74, 6) is 0.340. The average Bonchev–Trinajstić information content (AvgIpc) is 2.01. The zero-order valence-electron chi connectivity index (χ0n) is 10.1. The Labute approximate surface area is 88.0 Å². The Morgan fingerprint density at radius 2 is 1.79 bits per heavy atom. The lowest BCUT2D eigenvalue weighted by Crippen LogP contribution is -2.19. The Balaban J connectivity index is 3.65. The van der Waals surface area contributed by atoms with E-state index in [1.165, 1.54) is 0 Å². The summed E-state index contributed by atoms with van der Waals surface area (Å²) < 4.78 is 0. The monoisotopic (exact) mass is 197 g/mol. The Bertz CT molecular complexity index is 199. The van der Waals surface area contributed by atoms with E-state index in [1.807, 2.05) is 34.9 Å². The van der Waals surface area contributed by atoms with Crippen LogP contribution in [0, 0.1) is 5.41 Å². The molecular weight excluding hydrogens is 174 g/mol. The number of hydrogen-bond donors (Lipinski definition) is 0. The van der Waals surface area contributed by atoms with E-state index >= 15 is 0 Å². The summed E-state index contributed by atoms with van der Waals surface area (Å²) in [6.07, 6.45) is 5.72. The summed E-state index contributed by atoms with van der Waals surface area (Å²) in [6.45, 7) is 6.86. The third-order valence-electron chi connectivity index (χ3n) is 2.01. The van der Waals surface area contributed by atoms with Crippen molar-refractivity contribution in [3.05, 3.63) is 12.2 Å². The van der Waals surface area contributed by atoms with Crippen LogP contribution in [0.4, 0.5) is 0 Å². The maximum absolute atomic E-state index is 11.5. The average molecular weight is 197 g/mol. The van der Waals surface area contributed by atoms with Gasteiger partial charge in [-0.3, -0.25) is 4.79 Å². The molecule has 0 aromatic rings. The molecule has 14 heavy (non-hydrogen) atoms. The molecule has 0 aliphatic rings. The van der Waals surface area contributed by atoms with Gasteiger partial charge in [0.2, 0.25) is 0 Å². The number of nitrogens with zero attached hydrogens (tertiary/aromatic N) is 1. The first kappa shape index (κ1) is 13.4. The topological polar surface area (TPSA) is 20.3 Å². The maximum Gasteiger partial charge on any atom is 0.138 e. The van der Waals surface area contributed by atoms with Crippen molar-refractivity contribution in [3.8, 4) is 0 Å². The fraction of sp³-hybridized carbons (Fsp3) is 0.750. The predicted octanol–water partition coefficient (Wildman–Crippen LogP) is 2.50. The minimum absolute atomic E-state index is 0.185. The van der Waals surface area contributed by atoms with Gasteiger partial charge in [0.05, 0.1) is 0 Å². The Morgan fingerprint density at radius 3 is 2.21 bits per heavy atom. The van der Waals surface area contributed by atoms with Crippen LogP contribution in [0.3, 0.4) is 0 Å². The van der Waals surface area contributed by atoms with Gasteiger partial charge in [-0.2, -0.15) is 0 Å². The molecule has 0 rings (SSSR count). The molecule has 0 aromatic carbocycles. The molecule has 0 radical (unpaired) electrons. The predicted molar refractivity (Wildman–Crippen MR) is 61.4 cm³/mol. The molecule has 0 saturated carbocycles. The minimum atomic E-state index is -0.185. The molecule has 0 spiro atoms. The van der Waals surface area contributed by atoms with Crippen LogP contribution < -0.4 is 0 Å². The van der Waals surface area contributed by atoms with E-state index in [0.29, 0.717) is 12.2 Å². The summed E-state index contributed by atoms with van der Waals surface area (Å²) >= 11 is 0. The summed E-state index contributed by atoms with van der Waals surface area (Å²) in [6, 6.07) is 0. The molecule has 0 N–H and O–H groups in total. The summed E-state index contributed by atoms with van der Waals surface area (Å²) in [5.41, 5.74) is -0.185. The SMILES string of the molecule is CN(C)C/C=C/CCC(=O)C(C)(C)C. The summed E-state index contributed by atoms with van der Waals surface area (Å²) in [4.78, 5) is 13.6. The molecular formula is C12H23NO. The van der Waals surface area contributed by atoms with Gasteiger partial charge in [-0.05, 0) is 20.5 Å². The zero-order chi connectivity index (χ0) is 11.2. The zero-order valence-corrected chi connectivity index (χ0v) is 10.1. The molecule has 0 bridgehead atoms. The first-order valence-corrected chi connectivity index (χ1v) is 5.17. The highest BCUT2D eigenvalue weighted by molar-refractivity contribution is 5.83. The highest BCUT2D eigenvalue weighted by Gasteiger charge is 2.19. The summed E-state index contributed by atoms with van der Waals surface area (Å²) in [7, 11) is 4.06. The Hall–Kier alpha value is -0.630. The van der Waals surface area contributed by atoms with E-state index in [9.17, 15) is 4.79 Å². The first-order chi connectivity index (χ1) is 6.34. The highest BCUT2D eigenvalue weighted by atomic mass is 16.1. The van der Waals surface area contributed by atoms with Crippen molar-refractivity contribution in [1.82, 2.24) is 4.90 Å². The molecule has 0 aliphatic heterocycles. The van der Waals surface area contributed by atoms with Crippen LogP contribution in [0.1, 0.15) is 33.6 Å². The molecule has 0 unspecified atom stereocenters. The van der Waals surface area contributed by atoms with Gasteiger partial charge in [-0.15, -0.1) is 0 Å². The quantitative estimate of drug-likeness (QED) is 0.631. The van der Waals surface area contributed by atoms with Crippen molar-refractivity contribution >= 4 is 5.78 Å². The number of carbonyl (C=O) groups excluding carboxylic acids is 1. The molecule has 0 amide bonds. The number of hydrogen-bond acceptors (Lipinski definition) is 2. The van der Waals surface area contributed by atoms with Gasteiger partial charge >= 0.3 is 0 Å². The van der Waals surface area contributed by atoms with Gasteiger partial charge in [0.25, 0.3) is 0 Å². The van der Waals surface area contributed by atoms with E-state index in [2.05, 4.69) is 17.1 Å². The lowest BCUT2D eigenvalue weighted by atomic mass is 9.88. The molecule has 0 heterocycles. The van der Waals surface area contributed by atoms with Crippen LogP contribution >= 0.6 is 0 Å². The van der Waals surface area contributed by atoms with Crippen molar-refractivity contribution in [2.45, 2.75) is 33.6 Å². The lowest BCUT2D eigenvalue weighted by Gasteiger charge is -2.15. The fourth-order valence-electron chi connectivity index (χ4n) is 0.993. The molecule has 0 atom stereocenters. The normalized spacial score (nSPS) is 12.7. The standard InChI is InChI=1S/C12H23NO/c1-12(2,3)11(14)9-7-6-8-10-13(4)5/h6,8H,7,9-10H2,1-5H3/b8-6+. The van der Waals surface area contributed by atoms with Crippen molar-refractivity contribution in [2.75, 3.05) is 20.6 Å². The smallest absolute Gasteiger partial charge is 0.138 e. The van der Waals surface area contributed by atoms with Crippen LogP contribution in [-0.2, 0) is 4.79 Å². The van der Waals surface area contributed by atoms with Gasteiger partial charge < -0.3 is 4.90 Å². The molecule has 0 aliphatic carbocycles. The van der Waals surface area contributed by atoms with E-state index in [1.54, 1.807) is 0 Å². The van der Waals surface area contributed by atoms with Crippen LogP contribution in [-0.4, -0.2) is 31.3 Å². The number of rotatable bonds is 5. The fourth-order valence-corrected chi connectivity index (χ4v) is 0.993. The van der Waals surface area contributed by atoms with Crippen molar-refractivity contribution in [3.63, 3.8) is 0 Å². The molecule has 0 saturated heterocycles. The van der Waals surface area contributed by atoms with Gasteiger partial charge in [0, 0.05) is 18.4 Å². The van der Waals surface area contributed by atoms with Gasteiger partial charge in [0.15, 0.2) is 0 Å². The molecule has 0 fully saturated rings. The van der Waals surface area contributed by atoms with Crippen LogP contribution in [0.5, 0.6) is 0 Å². The third-order valence-corrected chi connectivity index (χ3v) is 2.01. The van der Waals surface area contributed by atoms with Crippen molar-refractivity contribution in [1.29, 1.82) is 0 Å². The second kappa shape index (κ2) is 5.97.